The number of hydrogen-bond acceptors (Lipinski definition) is 4. The molecule has 4 nitrogen and oxygen atoms in total. The van der Waals surface area contributed by atoms with Gasteiger partial charge in [0.15, 0.2) is 0 Å². The molecule has 2 aliphatic rings. The fraction of sp³-hybridized carbons (Fsp3) is 0.650. The fourth-order valence-electron chi connectivity index (χ4n) is 4.31. The normalized spacial score (nSPS) is 24.9. The van der Waals surface area contributed by atoms with E-state index in [1.807, 2.05) is 4.90 Å². The van der Waals surface area contributed by atoms with Crippen LogP contribution in [0.25, 0.3) is 0 Å². The van der Waals surface area contributed by atoms with Crippen LogP contribution in [0.3, 0.4) is 0 Å². The highest BCUT2D eigenvalue weighted by molar-refractivity contribution is 7.98. The second-order valence-corrected chi connectivity index (χ2v) is 8.35. The van der Waals surface area contributed by atoms with Crippen molar-refractivity contribution in [1.82, 2.24) is 9.80 Å². The summed E-state index contributed by atoms with van der Waals surface area (Å²) in [5, 5.41) is 0. The van der Waals surface area contributed by atoms with Crippen LogP contribution in [0.4, 0.5) is 0 Å². The minimum absolute atomic E-state index is 0.275. The van der Waals surface area contributed by atoms with Crippen LogP contribution in [-0.2, 0) is 16.1 Å². The topological polar surface area (TPSA) is 32.8 Å². The van der Waals surface area contributed by atoms with Crippen LogP contribution in [-0.4, -0.2) is 61.9 Å². The molecule has 0 N–H and O–H groups in total. The predicted octanol–water partition coefficient (Wildman–Crippen LogP) is 3.26. The summed E-state index contributed by atoms with van der Waals surface area (Å²) in [5.41, 5.74) is 1.67. The lowest BCUT2D eigenvalue weighted by molar-refractivity contribution is -0.140. The molecular weight excluding hydrogens is 332 g/mol. The van der Waals surface area contributed by atoms with Gasteiger partial charge in [0.25, 0.3) is 0 Å². The molecule has 0 saturated carbocycles. The van der Waals surface area contributed by atoms with E-state index in [9.17, 15) is 4.79 Å². The highest BCUT2D eigenvalue weighted by Crippen LogP contribution is 2.39. The molecule has 1 unspecified atom stereocenters. The Kier molecular flexibility index (Phi) is 6.42. The number of piperidine rings is 2. The molecule has 2 saturated heterocycles. The zero-order valence-corrected chi connectivity index (χ0v) is 16.3. The summed E-state index contributed by atoms with van der Waals surface area (Å²) in [6.45, 7) is 5.54. The summed E-state index contributed by atoms with van der Waals surface area (Å²) in [7, 11) is 1.70. The summed E-state index contributed by atoms with van der Waals surface area (Å²) >= 11 is 1.80. The van der Waals surface area contributed by atoms with Gasteiger partial charge in [0.1, 0.15) is 0 Å². The second kappa shape index (κ2) is 8.56. The molecule has 2 fully saturated rings. The number of benzene rings is 1. The van der Waals surface area contributed by atoms with E-state index < -0.39 is 0 Å². The molecule has 3 rings (SSSR count). The van der Waals surface area contributed by atoms with Crippen LogP contribution >= 0.6 is 11.8 Å². The van der Waals surface area contributed by atoms with Crippen LogP contribution in [0.2, 0.25) is 0 Å². The van der Waals surface area contributed by atoms with Crippen molar-refractivity contribution in [3.05, 3.63) is 29.8 Å². The molecule has 0 bridgehead atoms. The summed E-state index contributed by atoms with van der Waals surface area (Å²) in [4.78, 5) is 18.2. The molecule has 2 heterocycles. The van der Waals surface area contributed by atoms with Gasteiger partial charge in [-0.25, -0.2) is 0 Å². The lowest BCUT2D eigenvalue weighted by Gasteiger charge is -2.48. The number of thioether (sulfide) groups is 1. The van der Waals surface area contributed by atoms with Crippen molar-refractivity contribution < 1.29 is 9.53 Å². The number of rotatable bonds is 6. The lowest BCUT2D eigenvalue weighted by atomic mass is 9.73. The van der Waals surface area contributed by atoms with Gasteiger partial charge in [-0.15, -0.1) is 11.8 Å². The molecule has 2 aliphatic heterocycles. The Bertz CT molecular complexity index is 595. The standard InChI is InChI=1S/C20H30N2O2S/c1-24-12-11-22-16-20(9-7-19(22)23)8-4-10-21(15-20)14-17-5-3-6-18(13-17)25-2/h3,5-6,13H,4,7-12,14-16H2,1-2H3. The molecule has 1 amide bonds. The first-order valence-corrected chi connectivity index (χ1v) is 10.5. The molecular formula is C20H30N2O2S. The highest BCUT2D eigenvalue weighted by atomic mass is 32.2. The van der Waals surface area contributed by atoms with Gasteiger partial charge in [0, 0.05) is 50.0 Å². The lowest BCUT2D eigenvalue weighted by Crippen LogP contribution is -2.54. The zero-order chi connectivity index (χ0) is 17.7. The second-order valence-electron chi connectivity index (χ2n) is 7.47. The van der Waals surface area contributed by atoms with Crippen molar-refractivity contribution in [2.24, 2.45) is 5.41 Å². The maximum absolute atomic E-state index is 12.2. The third-order valence-electron chi connectivity index (χ3n) is 5.59. The molecule has 138 valence electrons. The Balaban J connectivity index is 1.64. The minimum Gasteiger partial charge on any atom is -0.383 e. The average molecular weight is 363 g/mol. The molecule has 0 radical (unpaired) electrons. The number of hydrogen-bond donors (Lipinski definition) is 0. The molecule has 5 heteroatoms. The quantitative estimate of drug-likeness (QED) is 0.727. The maximum atomic E-state index is 12.2. The van der Waals surface area contributed by atoms with Crippen LogP contribution < -0.4 is 0 Å². The van der Waals surface area contributed by atoms with Gasteiger partial charge >= 0.3 is 0 Å². The Labute approximate surface area is 155 Å². The Morgan fingerprint density at radius 1 is 1.28 bits per heavy atom. The van der Waals surface area contributed by atoms with Gasteiger partial charge in [0.05, 0.1) is 6.61 Å². The number of carbonyl (C=O) groups is 1. The van der Waals surface area contributed by atoms with Crippen LogP contribution in [0, 0.1) is 5.41 Å². The van der Waals surface area contributed by atoms with E-state index in [4.69, 9.17) is 4.74 Å². The van der Waals surface area contributed by atoms with Gasteiger partial charge < -0.3 is 9.64 Å². The molecule has 1 atom stereocenters. The van der Waals surface area contributed by atoms with Crippen molar-refractivity contribution in [2.45, 2.75) is 37.1 Å². The van der Waals surface area contributed by atoms with Gasteiger partial charge in [-0.05, 0) is 49.8 Å². The monoisotopic (exact) mass is 362 g/mol. The molecule has 1 aromatic carbocycles. The third-order valence-corrected chi connectivity index (χ3v) is 6.32. The number of ether oxygens (including phenoxy) is 1. The molecule has 0 aromatic heterocycles. The number of likely N-dealkylation sites (tertiary alicyclic amines) is 2. The third kappa shape index (κ3) is 4.78. The SMILES string of the molecule is COCCN1CC2(CCCN(Cc3cccc(SC)c3)C2)CCC1=O. The maximum Gasteiger partial charge on any atom is 0.222 e. The van der Waals surface area contributed by atoms with Crippen LogP contribution in [0.15, 0.2) is 29.2 Å². The summed E-state index contributed by atoms with van der Waals surface area (Å²) in [6, 6.07) is 8.87. The van der Waals surface area contributed by atoms with Crippen molar-refractivity contribution in [3.63, 3.8) is 0 Å². The van der Waals surface area contributed by atoms with Gasteiger partial charge in [-0.1, -0.05) is 12.1 Å². The van der Waals surface area contributed by atoms with E-state index >= 15 is 0 Å². The van der Waals surface area contributed by atoms with E-state index in [1.165, 1.54) is 23.3 Å². The first-order valence-electron chi connectivity index (χ1n) is 9.26. The van der Waals surface area contributed by atoms with E-state index in [0.29, 0.717) is 18.9 Å². The first-order chi connectivity index (χ1) is 12.1. The zero-order valence-electron chi connectivity index (χ0n) is 15.5. The Morgan fingerprint density at radius 3 is 2.96 bits per heavy atom. The van der Waals surface area contributed by atoms with Crippen molar-refractivity contribution in [2.75, 3.05) is 46.2 Å². The van der Waals surface area contributed by atoms with Gasteiger partial charge in [-0.3, -0.25) is 9.69 Å². The number of nitrogens with zero attached hydrogens (tertiary/aromatic N) is 2. The van der Waals surface area contributed by atoms with Crippen molar-refractivity contribution in [3.8, 4) is 0 Å². The average Bonchev–Trinajstić information content (AvgIpc) is 2.63. The Morgan fingerprint density at radius 2 is 2.16 bits per heavy atom. The smallest absolute Gasteiger partial charge is 0.222 e. The minimum atomic E-state index is 0.275. The predicted molar refractivity (Wildman–Crippen MR) is 103 cm³/mol. The summed E-state index contributed by atoms with van der Waals surface area (Å²) in [5.74, 6) is 0.299. The molecule has 25 heavy (non-hydrogen) atoms. The van der Waals surface area contributed by atoms with Gasteiger partial charge in [0.2, 0.25) is 5.91 Å². The van der Waals surface area contributed by atoms with Crippen molar-refractivity contribution in [1.29, 1.82) is 0 Å². The molecule has 0 aliphatic carbocycles. The van der Waals surface area contributed by atoms with Crippen LogP contribution in [0.1, 0.15) is 31.2 Å². The largest absolute Gasteiger partial charge is 0.383 e. The van der Waals surface area contributed by atoms with E-state index in [1.54, 1.807) is 18.9 Å². The van der Waals surface area contributed by atoms with E-state index in [0.717, 1.165) is 39.1 Å². The molecule has 1 aromatic rings. The van der Waals surface area contributed by atoms with Crippen LogP contribution in [0.5, 0.6) is 0 Å². The first kappa shape index (κ1) is 18.7. The summed E-state index contributed by atoms with van der Waals surface area (Å²) < 4.78 is 5.18. The highest BCUT2D eigenvalue weighted by Gasteiger charge is 2.41. The molecule has 1 spiro atoms. The van der Waals surface area contributed by atoms with E-state index in [2.05, 4.69) is 35.4 Å². The number of amides is 1. The number of methoxy groups -OCH3 is 1. The fourth-order valence-corrected chi connectivity index (χ4v) is 4.80. The Hall–Kier alpha value is -1.04. The van der Waals surface area contributed by atoms with E-state index in [-0.39, 0.29) is 5.41 Å². The van der Waals surface area contributed by atoms with Crippen molar-refractivity contribution >= 4 is 17.7 Å². The summed E-state index contributed by atoms with van der Waals surface area (Å²) in [6.07, 6.45) is 6.33. The van der Waals surface area contributed by atoms with Gasteiger partial charge in [-0.2, -0.15) is 0 Å². The number of carbonyl (C=O) groups excluding carboxylic acids is 1.